The van der Waals surface area contributed by atoms with Gasteiger partial charge in [-0.2, -0.15) is 0 Å². The van der Waals surface area contributed by atoms with Crippen LogP contribution in [0, 0.1) is 11.8 Å². The van der Waals surface area contributed by atoms with Gasteiger partial charge in [0.1, 0.15) is 6.17 Å². The Labute approximate surface area is 138 Å². The first-order valence-electron chi connectivity index (χ1n) is 8.73. The topological polar surface area (TPSA) is 66.6 Å². The number of alkyl halides is 1. The summed E-state index contributed by atoms with van der Waals surface area (Å²) < 4.78 is 13.3. The Hall–Kier alpha value is -1.17. The Bertz CT molecular complexity index is 438. The molecular weight excluding hydrogens is 297 g/mol. The van der Waals surface area contributed by atoms with Gasteiger partial charge in [0.05, 0.1) is 12.6 Å². The SMILES string of the molecule is CC(=O)N(C)C1CCC([C@H](C)C(N)C(=O)N2CC[C@H](F)C2)CC1. The highest BCUT2D eigenvalue weighted by atomic mass is 19.1. The van der Waals surface area contributed by atoms with Gasteiger partial charge in [0.25, 0.3) is 0 Å². The second kappa shape index (κ2) is 7.60. The van der Waals surface area contributed by atoms with E-state index >= 15 is 0 Å². The summed E-state index contributed by atoms with van der Waals surface area (Å²) in [6, 6.07) is -0.249. The molecule has 1 unspecified atom stereocenters. The number of nitrogens with zero attached hydrogens (tertiary/aromatic N) is 2. The van der Waals surface area contributed by atoms with Crippen molar-refractivity contribution >= 4 is 11.8 Å². The summed E-state index contributed by atoms with van der Waals surface area (Å²) in [7, 11) is 1.85. The minimum absolute atomic E-state index is 0.0877. The van der Waals surface area contributed by atoms with E-state index in [1.54, 1.807) is 11.8 Å². The molecule has 2 amide bonds. The average Bonchev–Trinajstić information content (AvgIpc) is 2.98. The molecule has 1 aliphatic heterocycles. The van der Waals surface area contributed by atoms with Gasteiger partial charge in [-0.05, 0) is 43.9 Å². The minimum atomic E-state index is -0.904. The van der Waals surface area contributed by atoms with Crippen LogP contribution in [0.15, 0.2) is 0 Å². The zero-order valence-corrected chi connectivity index (χ0v) is 14.5. The van der Waals surface area contributed by atoms with Crippen LogP contribution in [0.1, 0.15) is 46.0 Å². The second-order valence-electron chi connectivity index (χ2n) is 7.25. The Morgan fingerprint density at radius 3 is 2.30 bits per heavy atom. The highest BCUT2D eigenvalue weighted by Gasteiger charge is 2.36. The maximum absolute atomic E-state index is 13.3. The van der Waals surface area contributed by atoms with Crippen molar-refractivity contribution in [1.82, 2.24) is 9.80 Å². The van der Waals surface area contributed by atoms with Gasteiger partial charge in [0, 0.05) is 26.6 Å². The van der Waals surface area contributed by atoms with Gasteiger partial charge in [-0.1, -0.05) is 6.92 Å². The van der Waals surface area contributed by atoms with E-state index in [0.717, 1.165) is 25.7 Å². The Kier molecular flexibility index (Phi) is 6.00. The van der Waals surface area contributed by atoms with E-state index < -0.39 is 12.2 Å². The third-order valence-corrected chi connectivity index (χ3v) is 5.82. The van der Waals surface area contributed by atoms with Crippen LogP contribution in [-0.4, -0.2) is 60.0 Å². The summed E-state index contributed by atoms with van der Waals surface area (Å²) in [6.45, 7) is 4.30. The van der Waals surface area contributed by atoms with Crippen molar-refractivity contribution in [2.45, 2.75) is 64.2 Å². The van der Waals surface area contributed by atoms with Gasteiger partial charge < -0.3 is 15.5 Å². The maximum Gasteiger partial charge on any atom is 0.239 e. The largest absolute Gasteiger partial charge is 0.343 e. The van der Waals surface area contributed by atoms with Crippen molar-refractivity contribution in [2.75, 3.05) is 20.1 Å². The van der Waals surface area contributed by atoms with Gasteiger partial charge in [-0.15, -0.1) is 0 Å². The fourth-order valence-corrected chi connectivity index (χ4v) is 3.92. The quantitative estimate of drug-likeness (QED) is 0.852. The van der Waals surface area contributed by atoms with Crippen molar-refractivity contribution in [3.8, 4) is 0 Å². The molecule has 1 saturated heterocycles. The van der Waals surface area contributed by atoms with Crippen LogP contribution >= 0.6 is 0 Å². The van der Waals surface area contributed by atoms with E-state index in [2.05, 4.69) is 0 Å². The molecule has 23 heavy (non-hydrogen) atoms. The van der Waals surface area contributed by atoms with Gasteiger partial charge in [-0.25, -0.2) is 4.39 Å². The highest BCUT2D eigenvalue weighted by molar-refractivity contribution is 5.82. The summed E-state index contributed by atoms with van der Waals surface area (Å²) in [5, 5.41) is 0. The molecule has 2 aliphatic rings. The highest BCUT2D eigenvalue weighted by Crippen LogP contribution is 2.33. The molecule has 2 rings (SSSR count). The van der Waals surface area contributed by atoms with E-state index in [-0.39, 0.29) is 24.3 Å². The lowest BCUT2D eigenvalue weighted by molar-refractivity contribution is -0.133. The van der Waals surface area contributed by atoms with E-state index in [1.807, 2.05) is 18.9 Å². The van der Waals surface area contributed by atoms with Crippen LogP contribution in [0.3, 0.4) is 0 Å². The lowest BCUT2D eigenvalue weighted by Crippen LogP contribution is -2.49. The number of carbonyl (C=O) groups excluding carboxylic acids is 2. The predicted octanol–water partition coefficient (Wildman–Crippen LogP) is 1.56. The van der Waals surface area contributed by atoms with Crippen LogP contribution in [0.2, 0.25) is 0 Å². The van der Waals surface area contributed by atoms with Gasteiger partial charge in [0.15, 0.2) is 0 Å². The molecule has 1 heterocycles. The standard InChI is InChI=1S/C17H30FN3O2/c1-11(16(19)17(23)21-9-8-14(18)10-21)13-4-6-15(7-5-13)20(3)12(2)22/h11,13-16H,4-10,19H2,1-3H3/t11-,13?,14-,15?,16?/m0/s1. The van der Waals surface area contributed by atoms with Gasteiger partial charge in [-0.3, -0.25) is 9.59 Å². The molecule has 0 radical (unpaired) electrons. The number of likely N-dealkylation sites (tertiary alicyclic amines) is 1. The third-order valence-electron chi connectivity index (χ3n) is 5.82. The molecule has 3 atom stereocenters. The fraction of sp³-hybridized carbons (Fsp3) is 0.882. The normalized spacial score (nSPS) is 30.8. The van der Waals surface area contributed by atoms with Crippen LogP contribution in [-0.2, 0) is 9.59 Å². The summed E-state index contributed by atoms with van der Waals surface area (Å²) in [5.74, 6) is 0.475. The number of halogens is 1. The first-order valence-corrected chi connectivity index (χ1v) is 8.73. The molecule has 132 valence electrons. The van der Waals surface area contributed by atoms with Crippen LogP contribution in [0.5, 0.6) is 0 Å². The van der Waals surface area contributed by atoms with E-state index in [9.17, 15) is 14.0 Å². The third kappa shape index (κ3) is 4.22. The number of hydrogen-bond donors (Lipinski definition) is 1. The molecule has 0 spiro atoms. The van der Waals surface area contributed by atoms with Crippen molar-refractivity contribution < 1.29 is 14.0 Å². The summed E-state index contributed by atoms with van der Waals surface area (Å²) in [4.78, 5) is 27.3. The van der Waals surface area contributed by atoms with Crippen LogP contribution in [0.25, 0.3) is 0 Å². The van der Waals surface area contributed by atoms with E-state index in [4.69, 9.17) is 5.73 Å². The summed E-state index contributed by atoms with van der Waals surface area (Å²) in [6.07, 6.45) is 3.41. The molecule has 5 nitrogen and oxygen atoms in total. The number of hydrogen-bond acceptors (Lipinski definition) is 3. The average molecular weight is 327 g/mol. The fourth-order valence-electron chi connectivity index (χ4n) is 3.92. The lowest BCUT2D eigenvalue weighted by Gasteiger charge is -2.38. The Balaban J connectivity index is 1.85. The number of carbonyl (C=O) groups is 2. The molecular formula is C17H30FN3O2. The van der Waals surface area contributed by atoms with Crippen molar-refractivity contribution in [2.24, 2.45) is 17.6 Å². The second-order valence-corrected chi connectivity index (χ2v) is 7.25. The van der Waals surface area contributed by atoms with Crippen molar-refractivity contribution in [3.63, 3.8) is 0 Å². The predicted molar refractivity (Wildman–Crippen MR) is 87.4 cm³/mol. The number of nitrogens with two attached hydrogens (primary N) is 1. The van der Waals surface area contributed by atoms with Crippen LogP contribution < -0.4 is 5.73 Å². The smallest absolute Gasteiger partial charge is 0.239 e. The van der Waals surface area contributed by atoms with Gasteiger partial charge >= 0.3 is 0 Å². The first-order chi connectivity index (χ1) is 10.8. The van der Waals surface area contributed by atoms with E-state index in [1.165, 1.54) is 0 Å². The van der Waals surface area contributed by atoms with Crippen molar-refractivity contribution in [1.29, 1.82) is 0 Å². The maximum atomic E-state index is 13.3. The minimum Gasteiger partial charge on any atom is -0.343 e. The lowest BCUT2D eigenvalue weighted by atomic mass is 9.75. The number of rotatable bonds is 4. The molecule has 0 aromatic carbocycles. The zero-order chi connectivity index (χ0) is 17.1. The van der Waals surface area contributed by atoms with Crippen molar-refractivity contribution in [3.05, 3.63) is 0 Å². The molecule has 2 N–H and O–H groups in total. The zero-order valence-electron chi connectivity index (χ0n) is 14.5. The molecule has 1 saturated carbocycles. The Morgan fingerprint density at radius 2 is 1.83 bits per heavy atom. The number of amides is 2. The summed E-state index contributed by atoms with van der Waals surface area (Å²) >= 11 is 0. The summed E-state index contributed by atoms with van der Waals surface area (Å²) in [5.41, 5.74) is 6.18. The molecule has 0 aromatic heterocycles. The molecule has 6 heteroatoms. The van der Waals surface area contributed by atoms with Crippen LogP contribution in [0.4, 0.5) is 4.39 Å². The first kappa shape index (κ1) is 18.2. The molecule has 0 bridgehead atoms. The molecule has 0 aromatic rings. The van der Waals surface area contributed by atoms with Gasteiger partial charge in [0.2, 0.25) is 11.8 Å². The monoisotopic (exact) mass is 327 g/mol. The Morgan fingerprint density at radius 1 is 1.22 bits per heavy atom. The van der Waals surface area contributed by atoms with E-state index in [0.29, 0.717) is 24.9 Å². The molecule has 2 fully saturated rings. The molecule has 1 aliphatic carbocycles.